The molecule has 0 saturated carbocycles. The molecule has 0 aromatic carbocycles. The minimum Gasteiger partial charge on any atom is -0.379 e. The Morgan fingerprint density at radius 1 is 1.67 bits per heavy atom. The van der Waals surface area contributed by atoms with Crippen LogP contribution >= 0.6 is 0 Å². The molecule has 0 aliphatic carbocycles. The molecule has 2 heteroatoms. The third kappa shape index (κ3) is 3.92. The molecule has 6 heavy (non-hydrogen) atoms. The molecule has 0 aromatic rings. The van der Waals surface area contributed by atoms with Crippen molar-refractivity contribution in [3.63, 3.8) is 0 Å². The van der Waals surface area contributed by atoms with E-state index in [0.29, 0.717) is 13.2 Å². The minimum atomic E-state index is -0.117. The van der Waals surface area contributed by atoms with Gasteiger partial charge < -0.3 is 4.74 Å². The zero-order valence-electron chi connectivity index (χ0n) is 3.94. The second-order valence-electron chi connectivity index (χ2n) is 0.901. The Morgan fingerprint density at radius 2 is 2.33 bits per heavy atom. The minimum absolute atomic E-state index is 0.117. The Labute approximate surface area is 37.7 Å². The molecule has 0 rings (SSSR count). The molecule has 0 N–H and O–H groups in total. The van der Waals surface area contributed by atoms with Crippen molar-refractivity contribution >= 4 is 0 Å². The van der Waals surface area contributed by atoms with Gasteiger partial charge in [-0.05, 0) is 6.92 Å². The van der Waals surface area contributed by atoms with Gasteiger partial charge in [-0.2, -0.15) is 0 Å². The Morgan fingerprint density at radius 3 is 2.50 bits per heavy atom. The maximum Gasteiger partial charge on any atom is 0.106 e. The predicted octanol–water partition coefficient (Wildman–Crippen LogP) is 0.453. The lowest BCUT2D eigenvalue weighted by molar-refractivity contribution is 0.0706. The highest BCUT2D eigenvalue weighted by Gasteiger charge is 1.75. The van der Waals surface area contributed by atoms with Gasteiger partial charge in [-0.15, -0.1) is 0 Å². The molecule has 0 amide bonds. The summed E-state index contributed by atoms with van der Waals surface area (Å²) < 4.78 is 4.67. The van der Waals surface area contributed by atoms with Crippen LogP contribution in [0.2, 0.25) is 0 Å². The van der Waals surface area contributed by atoms with Crippen molar-refractivity contribution in [2.24, 2.45) is 0 Å². The van der Waals surface area contributed by atoms with Gasteiger partial charge in [0.15, 0.2) is 0 Å². The van der Waals surface area contributed by atoms with Gasteiger partial charge >= 0.3 is 0 Å². The summed E-state index contributed by atoms with van der Waals surface area (Å²) in [6.45, 7) is 2.77. The quantitative estimate of drug-likeness (QED) is 0.461. The highest BCUT2D eigenvalue weighted by atomic mass is 16.5. The van der Waals surface area contributed by atoms with Crippen LogP contribution < -0.4 is 0 Å². The molecule has 2 nitrogen and oxygen atoms in total. The topological polar surface area (TPSA) is 29.1 Å². The van der Waals surface area contributed by atoms with Gasteiger partial charge in [0.05, 0.1) is 6.61 Å². The summed E-state index contributed by atoms with van der Waals surface area (Å²) in [5.41, 5.74) is 0. The first-order chi connectivity index (χ1) is 2.91. The van der Waals surface area contributed by atoms with E-state index in [1.165, 1.54) is 0 Å². The van der Waals surface area contributed by atoms with E-state index in [1.807, 2.05) is 6.92 Å². The van der Waals surface area contributed by atoms with Crippen molar-refractivity contribution in [1.29, 1.82) is 0 Å². The summed E-state index contributed by atoms with van der Waals surface area (Å²) in [5, 5.41) is 9.56. The zero-order chi connectivity index (χ0) is 4.83. The highest BCUT2D eigenvalue weighted by Crippen LogP contribution is 1.67. The molecule has 0 aliphatic rings. The van der Waals surface area contributed by atoms with Crippen molar-refractivity contribution in [2.75, 3.05) is 19.8 Å². The molecular weight excluding hydrogens is 80.0 g/mol. The van der Waals surface area contributed by atoms with Crippen molar-refractivity contribution in [3.8, 4) is 0 Å². The third-order valence-corrected chi connectivity index (χ3v) is 0.432. The van der Waals surface area contributed by atoms with Crippen molar-refractivity contribution < 1.29 is 9.84 Å². The highest BCUT2D eigenvalue weighted by molar-refractivity contribution is 4.17. The summed E-state index contributed by atoms with van der Waals surface area (Å²) >= 11 is 0. The molecule has 1 radical (unpaired) electrons. The molecular formula is C4H9O2. The zero-order valence-corrected chi connectivity index (χ0v) is 3.94. The fourth-order valence-electron chi connectivity index (χ4n) is 0.203. The van der Waals surface area contributed by atoms with Crippen LogP contribution in [-0.4, -0.2) is 19.8 Å². The van der Waals surface area contributed by atoms with E-state index < -0.39 is 0 Å². The molecule has 0 unspecified atom stereocenters. The molecule has 0 aromatic heterocycles. The van der Waals surface area contributed by atoms with Crippen molar-refractivity contribution in [1.82, 2.24) is 0 Å². The van der Waals surface area contributed by atoms with Crippen LogP contribution in [0.15, 0.2) is 0 Å². The molecule has 0 heterocycles. The number of hydrogen-bond acceptors (Lipinski definition) is 1. The average Bonchev–Trinajstić information content (AvgIpc) is 1.61. The van der Waals surface area contributed by atoms with E-state index >= 15 is 0 Å². The second kappa shape index (κ2) is 4.92. The van der Waals surface area contributed by atoms with Crippen molar-refractivity contribution in [3.05, 3.63) is 0 Å². The summed E-state index contributed by atoms with van der Waals surface area (Å²) in [4.78, 5) is 0. The number of ether oxygens (including phenoxy) is 1. The lowest BCUT2D eigenvalue weighted by Gasteiger charge is -1.89. The normalized spacial score (nSPS) is 9.00. The van der Waals surface area contributed by atoms with Crippen molar-refractivity contribution in [2.45, 2.75) is 6.92 Å². The standard InChI is InChI=1S/C4H9O2/c1-2-6-4-3-5/h2-4H2,1H3. The molecule has 0 spiro atoms. The molecule has 37 valence electrons. The van der Waals surface area contributed by atoms with E-state index in [1.54, 1.807) is 0 Å². The first-order valence-electron chi connectivity index (χ1n) is 2.07. The van der Waals surface area contributed by atoms with Gasteiger partial charge in [0.2, 0.25) is 0 Å². The van der Waals surface area contributed by atoms with Gasteiger partial charge in [0.1, 0.15) is 6.61 Å². The third-order valence-electron chi connectivity index (χ3n) is 0.432. The Kier molecular flexibility index (Phi) is 4.85. The molecule has 0 saturated heterocycles. The van der Waals surface area contributed by atoms with Gasteiger partial charge in [-0.25, -0.2) is 5.11 Å². The predicted molar refractivity (Wildman–Crippen MR) is 22.0 cm³/mol. The lowest BCUT2D eigenvalue weighted by Crippen LogP contribution is -1.95. The maximum absolute atomic E-state index is 9.56. The van der Waals surface area contributed by atoms with Crippen LogP contribution in [0.25, 0.3) is 0 Å². The maximum atomic E-state index is 9.56. The van der Waals surface area contributed by atoms with Gasteiger partial charge in [-0.3, -0.25) is 0 Å². The van der Waals surface area contributed by atoms with Crippen LogP contribution in [0.4, 0.5) is 0 Å². The number of rotatable bonds is 3. The molecule has 0 bridgehead atoms. The smallest absolute Gasteiger partial charge is 0.106 e. The van der Waals surface area contributed by atoms with Gasteiger partial charge in [-0.1, -0.05) is 0 Å². The van der Waals surface area contributed by atoms with Crippen LogP contribution in [-0.2, 0) is 9.84 Å². The average molecular weight is 89.1 g/mol. The fraction of sp³-hybridized carbons (Fsp3) is 1.00. The molecule has 0 atom stereocenters. The second-order valence-corrected chi connectivity index (χ2v) is 0.901. The summed E-state index contributed by atoms with van der Waals surface area (Å²) in [7, 11) is 0. The summed E-state index contributed by atoms with van der Waals surface area (Å²) in [6.07, 6.45) is 0. The fourth-order valence-corrected chi connectivity index (χ4v) is 0.203. The number of hydrogen-bond donors (Lipinski definition) is 0. The van der Waals surface area contributed by atoms with Crippen LogP contribution in [0.3, 0.4) is 0 Å². The van der Waals surface area contributed by atoms with Gasteiger partial charge in [0.25, 0.3) is 0 Å². The van der Waals surface area contributed by atoms with Crippen LogP contribution in [0, 0.1) is 0 Å². The van der Waals surface area contributed by atoms with E-state index in [-0.39, 0.29) is 6.61 Å². The first kappa shape index (κ1) is 5.92. The Hall–Kier alpha value is -0.0800. The van der Waals surface area contributed by atoms with Crippen LogP contribution in [0.5, 0.6) is 0 Å². The van der Waals surface area contributed by atoms with Gasteiger partial charge in [0, 0.05) is 6.61 Å². The molecule has 0 fully saturated rings. The molecule has 0 aliphatic heterocycles. The van der Waals surface area contributed by atoms with E-state index in [2.05, 4.69) is 4.74 Å². The van der Waals surface area contributed by atoms with E-state index in [4.69, 9.17) is 0 Å². The largest absolute Gasteiger partial charge is 0.379 e. The Bertz CT molecular complexity index is 17.5. The van der Waals surface area contributed by atoms with E-state index in [9.17, 15) is 5.11 Å². The van der Waals surface area contributed by atoms with Crippen LogP contribution in [0.1, 0.15) is 6.92 Å². The summed E-state index contributed by atoms with van der Waals surface area (Å²) in [6, 6.07) is 0. The van der Waals surface area contributed by atoms with E-state index in [0.717, 1.165) is 0 Å². The summed E-state index contributed by atoms with van der Waals surface area (Å²) in [5.74, 6) is 0. The SMILES string of the molecule is CCOCC[O]. The first-order valence-corrected chi connectivity index (χ1v) is 2.07. The Balaban J connectivity index is 2.34. The monoisotopic (exact) mass is 89.1 g/mol. The lowest BCUT2D eigenvalue weighted by atomic mass is 10.8.